The molecular weight excluding hydrogens is 252 g/mol. The number of nitrogens with one attached hydrogen (secondary N) is 1. The fourth-order valence-corrected chi connectivity index (χ4v) is 4.04. The standard InChI is InChI=1S/C16H30N2O2/c1-18(15-4-2-3-5-15)9-8-17-14-6-10-20-16(12-14)7-11-19-13-16/h14-15,17H,2-13H2,1H3. The Balaban J connectivity index is 1.37. The molecule has 3 fully saturated rings. The molecule has 1 spiro atoms. The molecule has 2 unspecified atom stereocenters. The molecule has 1 aliphatic carbocycles. The van der Waals surface area contributed by atoms with Crippen molar-refractivity contribution < 1.29 is 9.47 Å². The summed E-state index contributed by atoms with van der Waals surface area (Å²) < 4.78 is 11.5. The second-order valence-corrected chi connectivity index (χ2v) is 6.90. The third-order valence-electron chi connectivity index (χ3n) is 5.41. The Morgan fingerprint density at radius 2 is 2.05 bits per heavy atom. The van der Waals surface area contributed by atoms with Gasteiger partial charge >= 0.3 is 0 Å². The van der Waals surface area contributed by atoms with Gasteiger partial charge in [0.15, 0.2) is 0 Å². The molecule has 0 aromatic carbocycles. The maximum absolute atomic E-state index is 5.99. The lowest BCUT2D eigenvalue weighted by Crippen LogP contribution is -2.49. The van der Waals surface area contributed by atoms with Gasteiger partial charge in [-0.15, -0.1) is 0 Å². The first-order chi connectivity index (χ1) is 9.77. The van der Waals surface area contributed by atoms with Crippen LogP contribution in [0.25, 0.3) is 0 Å². The maximum atomic E-state index is 5.99. The number of ether oxygens (including phenoxy) is 2. The van der Waals surface area contributed by atoms with Gasteiger partial charge in [-0.25, -0.2) is 0 Å². The van der Waals surface area contributed by atoms with E-state index in [0.29, 0.717) is 6.04 Å². The molecule has 0 radical (unpaired) electrons. The lowest BCUT2D eigenvalue weighted by atomic mass is 9.90. The summed E-state index contributed by atoms with van der Waals surface area (Å²) in [6.07, 6.45) is 8.99. The quantitative estimate of drug-likeness (QED) is 0.833. The second-order valence-electron chi connectivity index (χ2n) is 6.90. The summed E-state index contributed by atoms with van der Waals surface area (Å²) in [5.41, 5.74) is 0.0350. The molecule has 1 N–H and O–H groups in total. The van der Waals surface area contributed by atoms with Crippen molar-refractivity contribution in [2.75, 3.05) is 40.0 Å². The first-order valence-corrected chi connectivity index (χ1v) is 8.43. The molecule has 0 aromatic heterocycles. The average molecular weight is 282 g/mol. The van der Waals surface area contributed by atoms with Crippen LogP contribution >= 0.6 is 0 Å². The van der Waals surface area contributed by atoms with Crippen LogP contribution < -0.4 is 5.32 Å². The highest BCUT2D eigenvalue weighted by atomic mass is 16.6. The number of rotatable bonds is 5. The zero-order valence-corrected chi connectivity index (χ0v) is 12.9. The Morgan fingerprint density at radius 3 is 2.80 bits per heavy atom. The van der Waals surface area contributed by atoms with Crippen LogP contribution in [0.5, 0.6) is 0 Å². The van der Waals surface area contributed by atoms with Crippen LogP contribution in [0.15, 0.2) is 0 Å². The zero-order valence-electron chi connectivity index (χ0n) is 12.9. The summed E-state index contributed by atoms with van der Waals surface area (Å²) in [5.74, 6) is 0. The van der Waals surface area contributed by atoms with Gasteiger partial charge in [0.05, 0.1) is 12.2 Å². The van der Waals surface area contributed by atoms with Gasteiger partial charge in [-0.05, 0) is 32.7 Å². The molecule has 2 heterocycles. The van der Waals surface area contributed by atoms with Crippen molar-refractivity contribution in [2.45, 2.75) is 62.6 Å². The third kappa shape index (κ3) is 3.53. The van der Waals surface area contributed by atoms with E-state index in [1.54, 1.807) is 0 Å². The first kappa shape index (κ1) is 14.8. The molecule has 4 nitrogen and oxygen atoms in total. The van der Waals surface area contributed by atoms with Gasteiger partial charge in [-0.3, -0.25) is 0 Å². The highest BCUT2D eigenvalue weighted by molar-refractivity contribution is 4.92. The Bertz CT molecular complexity index is 299. The van der Waals surface area contributed by atoms with Crippen LogP contribution in [-0.4, -0.2) is 62.5 Å². The summed E-state index contributed by atoms with van der Waals surface area (Å²) in [4.78, 5) is 2.55. The van der Waals surface area contributed by atoms with Crippen LogP contribution in [0.1, 0.15) is 44.9 Å². The van der Waals surface area contributed by atoms with Crippen molar-refractivity contribution in [3.8, 4) is 0 Å². The van der Waals surface area contributed by atoms with E-state index in [9.17, 15) is 0 Å². The molecule has 2 atom stereocenters. The monoisotopic (exact) mass is 282 g/mol. The summed E-state index contributed by atoms with van der Waals surface area (Å²) in [6, 6.07) is 1.45. The van der Waals surface area contributed by atoms with Crippen molar-refractivity contribution in [2.24, 2.45) is 0 Å². The Kier molecular flexibility index (Phi) is 4.97. The molecule has 116 valence electrons. The van der Waals surface area contributed by atoms with Gasteiger partial charge in [0.25, 0.3) is 0 Å². The predicted octanol–water partition coefficient (Wildman–Crippen LogP) is 1.79. The van der Waals surface area contributed by atoms with E-state index < -0.39 is 0 Å². The summed E-state index contributed by atoms with van der Waals surface area (Å²) >= 11 is 0. The minimum Gasteiger partial charge on any atom is -0.378 e. The largest absolute Gasteiger partial charge is 0.378 e. The molecule has 3 rings (SSSR count). The van der Waals surface area contributed by atoms with Crippen LogP contribution in [0, 0.1) is 0 Å². The van der Waals surface area contributed by atoms with Crippen molar-refractivity contribution in [3.05, 3.63) is 0 Å². The predicted molar refractivity (Wildman–Crippen MR) is 80.0 cm³/mol. The van der Waals surface area contributed by atoms with E-state index in [0.717, 1.165) is 51.7 Å². The lowest BCUT2D eigenvalue weighted by molar-refractivity contribution is -0.0893. The summed E-state index contributed by atoms with van der Waals surface area (Å²) in [7, 11) is 2.29. The molecule has 0 amide bonds. The fourth-order valence-electron chi connectivity index (χ4n) is 4.04. The average Bonchev–Trinajstić information content (AvgIpc) is 3.11. The van der Waals surface area contributed by atoms with E-state index in [1.807, 2.05) is 0 Å². The third-order valence-corrected chi connectivity index (χ3v) is 5.41. The highest BCUT2D eigenvalue weighted by Gasteiger charge is 2.40. The van der Waals surface area contributed by atoms with Crippen LogP contribution in [0.2, 0.25) is 0 Å². The lowest BCUT2D eigenvalue weighted by Gasteiger charge is -2.37. The minimum atomic E-state index is 0.0350. The fraction of sp³-hybridized carbons (Fsp3) is 1.00. The normalized spacial score (nSPS) is 35.4. The number of nitrogens with zero attached hydrogens (tertiary/aromatic N) is 1. The minimum absolute atomic E-state index is 0.0350. The SMILES string of the molecule is CN(CCNC1CCOC2(CCOC2)C1)C1CCCC1. The van der Waals surface area contributed by atoms with Gasteiger partial charge in [0.2, 0.25) is 0 Å². The zero-order chi connectivity index (χ0) is 13.8. The van der Waals surface area contributed by atoms with E-state index in [2.05, 4.69) is 17.3 Å². The molecule has 2 saturated heterocycles. The van der Waals surface area contributed by atoms with Crippen LogP contribution in [-0.2, 0) is 9.47 Å². The highest BCUT2D eigenvalue weighted by Crippen LogP contribution is 2.32. The molecular formula is C16H30N2O2. The van der Waals surface area contributed by atoms with Gasteiger partial charge in [0.1, 0.15) is 0 Å². The summed E-state index contributed by atoms with van der Waals surface area (Å²) in [6.45, 7) is 4.84. The van der Waals surface area contributed by atoms with Crippen molar-refractivity contribution >= 4 is 0 Å². The molecule has 0 aromatic rings. The molecule has 20 heavy (non-hydrogen) atoms. The number of hydrogen-bond donors (Lipinski definition) is 1. The van der Waals surface area contributed by atoms with Gasteiger partial charge < -0.3 is 19.7 Å². The van der Waals surface area contributed by atoms with Gasteiger partial charge in [0, 0.05) is 44.8 Å². The first-order valence-electron chi connectivity index (χ1n) is 8.43. The molecule has 2 aliphatic heterocycles. The van der Waals surface area contributed by atoms with E-state index in [1.165, 1.54) is 32.2 Å². The van der Waals surface area contributed by atoms with Crippen LogP contribution in [0.4, 0.5) is 0 Å². The van der Waals surface area contributed by atoms with Crippen molar-refractivity contribution in [3.63, 3.8) is 0 Å². The Labute approximate surface area is 123 Å². The van der Waals surface area contributed by atoms with Gasteiger partial charge in [-0.1, -0.05) is 12.8 Å². The molecule has 4 heteroatoms. The topological polar surface area (TPSA) is 33.7 Å². The van der Waals surface area contributed by atoms with Crippen LogP contribution in [0.3, 0.4) is 0 Å². The second kappa shape index (κ2) is 6.73. The van der Waals surface area contributed by atoms with Crippen molar-refractivity contribution in [1.29, 1.82) is 0 Å². The molecule has 3 aliphatic rings. The number of likely N-dealkylation sites (N-methyl/N-ethyl adjacent to an activating group) is 1. The Morgan fingerprint density at radius 1 is 1.20 bits per heavy atom. The van der Waals surface area contributed by atoms with E-state index >= 15 is 0 Å². The smallest absolute Gasteiger partial charge is 0.0951 e. The van der Waals surface area contributed by atoms with Crippen molar-refractivity contribution in [1.82, 2.24) is 10.2 Å². The molecule has 1 saturated carbocycles. The van der Waals surface area contributed by atoms with E-state index in [4.69, 9.17) is 9.47 Å². The Hall–Kier alpha value is -0.160. The maximum Gasteiger partial charge on any atom is 0.0951 e. The summed E-state index contributed by atoms with van der Waals surface area (Å²) in [5, 5.41) is 3.75. The van der Waals surface area contributed by atoms with Gasteiger partial charge in [-0.2, -0.15) is 0 Å². The number of hydrogen-bond acceptors (Lipinski definition) is 4. The molecule has 0 bridgehead atoms. The van der Waals surface area contributed by atoms with E-state index in [-0.39, 0.29) is 5.60 Å².